The van der Waals surface area contributed by atoms with Crippen LogP contribution in [-0.2, 0) is 4.74 Å². The average Bonchev–Trinajstić information content (AvgIpc) is 2.39. The third-order valence-corrected chi connectivity index (χ3v) is 2.95. The Bertz CT molecular complexity index is 335. The highest BCUT2D eigenvalue weighted by molar-refractivity contribution is 5.48. The van der Waals surface area contributed by atoms with Gasteiger partial charge >= 0.3 is 0 Å². The Kier molecular flexibility index (Phi) is 4.68. The van der Waals surface area contributed by atoms with Crippen LogP contribution in [0.4, 0.5) is 5.69 Å². The van der Waals surface area contributed by atoms with Crippen LogP contribution in [-0.4, -0.2) is 25.9 Å². The van der Waals surface area contributed by atoms with Crippen molar-refractivity contribution in [3.05, 3.63) is 24.3 Å². The van der Waals surface area contributed by atoms with Gasteiger partial charge in [0.05, 0.1) is 12.7 Å². The fourth-order valence-electron chi connectivity index (χ4n) is 2.06. The van der Waals surface area contributed by atoms with E-state index in [0.717, 1.165) is 31.0 Å². The lowest BCUT2D eigenvalue weighted by molar-refractivity contribution is 0.0247. The molecule has 1 aromatic rings. The fraction of sp³-hybridized carbons (Fsp3) is 0.571. The second-order valence-electron chi connectivity index (χ2n) is 4.33. The van der Waals surface area contributed by atoms with E-state index in [4.69, 9.17) is 9.47 Å². The zero-order valence-electron chi connectivity index (χ0n) is 10.4. The minimum atomic E-state index is 0.361. The highest BCUT2D eigenvalue weighted by atomic mass is 16.5. The molecule has 3 nitrogen and oxygen atoms in total. The molecular weight excluding hydrogens is 214 g/mol. The lowest BCUT2D eigenvalue weighted by Crippen LogP contribution is -2.26. The van der Waals surface area contributed by atoms with Crippen LogP contribution >= 0.6 is 0 Å². The predicted molar refractivity (Wildman–Crippen MR) is 69.7 cm³/mol. The van der Waals surface area contributed by atoms with Crippen molar-refractivity contribution in [3.8, 4) is 5.75 Å². The lowest BCUT2D eigenvalue weighted by atomic mass is 10.1. The van der Waals surface area contributed by atoms with Gasteiger partial charge in [-0.15, -0.1) is 0 Å². The molecule has 2 rings (SSSR count). The van der Waals surface area contributed by atoms with Gasteiger partial charge in [0.1, 0.15) is 5.75 Å². The fourth-order valence-corrected chi connectivity index (χ4v) is 2.06. The molecule has 0 radical (unpaired) electrons. The maximum Gasteiger partial charge on any atom is 0.121 e. The number of nitrogens with one attached hydrogen (secondary N) is 1. The molecule has 0 saturated carbocycles. The van der Waals surface area contributed by atoms with Gasteiger partial charge in [0.15, 0.2) is 0 Å². The zero-order valence-corrected chi connectivity index (χ0v) is 10.4. The summed E-state index contributed by atoms with van der Waals surface area (Å²) in [6, 6.07) is 8.08. The SMILES string of the molecule is CCOc1cccc(NCC2CCCCO2)c1. The highest BCUT2D eigenvalue weighted by Crippen LogP contribution is 2.18. The summed E-state index contributed by atoms with van der Waals surface area (Å²) in [7, 11) is 0. The first-order chi connectivity index (χ1) is 8.38. The van der Waals surface area contributed by atoms with Gasteiger partial charge in [0.2, 0.25) is 0 Å². The van der Waals surface area contributed by atoms with Gasteiger partial charge in [-0.1, -0.05) is 6.07 Å². The molecule has 1 unspecified atom stereocenters. The van der Waals surface area contributed by atoms with E-state index in [1.165, 1.54) is 12.8 Å². The van der Waals surface area contributed by atoms with Crippen molar-refractivity contribution >= 4 is 5.69 Å². The van der Waals surface area contributed by atoms with Crippen LogP contribution in [0.15, 0.2) is 24.3 Å². The van der Waals surface area contributed by atoms with E-state index in [1.807, 2.05) is 25.1 Å². The van der Waals surface area contributed by atoms with Crippen molar-refractivity contribution < 1.29 is 9.47 Å². The summed E-state index contributed by atoms with van der Waals surface area (Å²) in [6.07, 6.45) is 4.01. The molecule has 1 saturated heterocycles. The number of benzene rings is 1. The molecule has 0 aromatic heterocycles. The van der Waals surface area contributed by atoms with E-state index < -0.39 is 0 Å². The highest BCUT2D eigenvalue weighted by Gasteiger charge is 2.13. The maximum absolute atomic E-state index is 5.68. The minimum Gasteiger partial charge on any atom is -0.494 e. The molecule has 1 aliphatic heterocycles. The molecule has 0 aliphatic carbocycles. The summed E-state index contributed by atoms with van der Waals surface area (Å²) >= 11 is 0. The van der Waals surface area contributed by atoms with Crippen molar-refractivity contribution in [2.75, 3.05) is 25.1 Å². The van der Waals surface area contributed by atoms with E-state index >= 15 is 0 Å². The molecule has 1 aliphatic rings. The Morgan fingerprint density at radius 2 is 2.35 bits per heavy atom. The van der Waals surface area contributed by atoms with E-state index in [0.29, 0.717) is 12.7 Å². The lowest BCUT2D eigenvalue weighted by Gasteiger charge is -2.23. The van der Waals surface area contributed by atoms with E-state index in [9.17, 15) is 0 Å². The summed E-state index contributed by atoms with van der Waals surface area (Å²) in [4.78, 5) is 0. The molecule has 1 heterocycles. The van der Waals surface area contributed by atoms with Crippen molar-refractivity contribution in [1.29, 1.82) is 0 Å². The molecule has 94 valence electrons. The zero-order chi connectivity index (χ0) is 11.9. The Morgan fingerprint density at radius 3 is 3.12 bits per heavy atom. The monoisotopic (exact) mass is 235 g/mol. The number of rotatable bonds is 5. The molecule has 0 bridgehead atoms. The van der Waals surface area contributed by atoms with Crippen LogP contribution in [0.1, 0.15) is 26.2 Å². The van der Waals surface area contributed by atoms with Gasteiger partial charge in [-0.2, -0.15) is 0 Å². The van der Waals surface area contributed by atoms with Gasteiger partial charge in [0.25, 0.3) is 0 Å². The number of anilines is 1. The first-order valence-corrected chi connectivity index (χ1v) is 6.47. The largest absolute Gasteiger partial charge is 0.494 e. The summed E-state index contributed by atoms with van der Waals surface area (Å²) < 4.78 is 11.2. The summed E-state index contributed by atoms with van der Waals surface area (Å²) in [5, 5.41) is 3.41. The Morgan fingerprint density at radius 1 is 1.41 bits per heavy atom. The Hall–Kier alpha value is -1.22. The third kappa shape index (κ3) is 3.93. The molecule has 3 heteroatoms. The summed E-state index contributed by atoms with van der Waals surface area (Å²) in [5.41, 5.74) is 1.10. The first-order valence-electron chi connectivity index (χ1n) is 6.47. The number of hydrogen-bond acceptors (Lipinski definition) is 3. The second kappa shape index (κ2) is 6.50. The Labute approximate surface area is 103 Å². The van der Waals surface area contributed by atoms with Gasteiger partial charge in [-0.3, -0.25) is 0 Å². The molecule has 0 spiro atoms. The summed E-state index contributed by atoms with van der Waals surface area (Å²) in [5.74, 6) is 0.919. The molecule has 1 aromatic carbocycles. The van der Waals surface area contributed by atoms with Crippen molar-refractivity contribution in [2.24, 2.45) is 0 Å². The van der Waals surface area contributed by atoms with Crippen molar-refractivity contribution in [1.82, 2.24) is 0 Å². The minimum absolute atomic E-state index is 0.361. The summed E-state index contributed by atoms with van der Waals surface area (Å²) in [6.45, 7) is 4.49. The number of ether oxygens (including phenoxy) is 2. The molecular formula is C14H21NO2. The third-order valence-electron chi connectivity index (χ3n) is 2.95. The van der Waals surface area contributed by atoms with E-state index in [1.54, 1.807) is 0 Å². The van der Waals surface area contributed by atoms with Crippen LogP contribution in [0, 0.1) is 0 Å². The van der Waals surface area contributed by atoms with Gasteiger partial charge < -0.3 is 14.8 Å². The van der Waals surface area contributed by atoms with Gasteiger partial charge in [0, 0.05) is 24.9 Å². The van der Waals surface area contributed by atoms with E-state index in [-0.39, 0.29) is 0 Å². The van der Waals surface area contributed by atoms with Crippen LogP contribution in [0.2, 0.25) is 0 Å². The second-order valence-corrected chi connectivity index (χ2v) is 4.33. The average molecular weight is 235 g/mol. The Balaban J connectivity index is 1.83. The molecule has 1 fully saturated rings. The standard InChI is InChI=1S/C14H21NO2/c1-2-16-13-8-5-6-12(10-13)15-11-14-7-3-4-9-17-14/h5-6,8,10,14-15H,2-4,7,9,11H2,1H3. The first kappa shape index (κ1) is 12.2. The molecule has 17 heavy (non-hydrogen) atoms. The predicted octanol–water partition coefficient (Wildman–Crippen LogP) is 3.07. The number of hydrogen-bond donors (Lipinski definition) is 1. The van der Waals surface area contributed by atoms with Crippen molar-refractivity contribution in [2.45, 2.75) is 32.3 Å². The maximum atomic E-state index is 5.68. The topological polar surface area (TPSA) is 30.5 Å². The quantitative estimate of drug-likeness (QED) is 0.850. The smallest absolute Gasteiger partial charge is 0.121 e. The van der Waals surface area contributed by atoms with Crippen LogP contribution in [0.3, 0.4) is 0 Å². The van der Waals surface area contributed by atoms with E-state index in [2.05, 4.69) is 11.4 Å². The molecule has 1 N–H and O–H groups in total. The van der Waals surface area contributed by atoms with Gasteiger partial charge in [-0.25, -0.2) is 0 Å². The van der Waals surface area contributed by atoms with Crippen molar-refractivity contribution in [3.63, 3.8) is 0 Å². The molecule has 1 atom stereocenters. The molecule has 0 amide bonds. The van der Waals surface area contributed by atoms with Crippen LogP contribution < -0.4 is 10.1 Å². The normalized spacial score (nSPS) is 19.9. The van der Waals surface area contributed by atoms with Crippen LogP contribution in [0.5, 0.6) is 5.75 Å². The van der Waals surface area contributed by atoms with Gasteiger partial charge in [-0.05, 0) is 38.3 Å². The van der Waals surface area contributed by atoms with Crippen LogP contribution in [0.25, 0.3) is 0 Å².